The average molecular weight is 476 g/mol. The number of hydrogen-bond acceptors (Lipinski definition) is 3. The number of nitrogens with one attached hydrogen (secondary N) is 1. The van der Waals surface area contributed by atoms with Crippen molar-refractivity contribution in [3.8, 4) is 11.3 Å². The number of carbonyl (C=O) groups is 1. The number of halogens is 1. The quantitative estimate of drug-likeness (QED) is 0.307. The summed E-state index contributed by atoms with van der Waals surface area (Å²) in [7, 11) is 0. The lowest BCUT2D eigenvalue weighted by Gasteiger charge is -2.22. The summed E-state index contributed by atoms with van der Waals surface area (Å²) in [5.74, 6) is 1.42. The Morgan fingerprint density at radius 1 is 1.03 bits per heavy atom. The lowest BCUT2D eigenvalue weighted by atomic mass is 10.1. The highest BCUT2D eigenvalue weighted by atomic mass is 35.5. The summed E-state index contributed by atoms with van der Waals surface area (Å²) < 4.78 is 0. The van der Waals surface area contributed by atoms with Gasteiger partial charge in [-0.3, -0.25) is 9.78 Å². The maximum Gasteiger partial charge on any atom is 0.251 e. The zero-order valence-corrected chi connectivity index (χ0v) is 20.7. The highest BCUT2D eigenvalue weighted by molar-refractivity contribution is 6.30. The van der Waals surface area contributed by atoms with Crippen LogP contribution in [-0.2, 0) is 0 Å². The highest BCUT2D eigenvalue weighted by Gasteiger charge is 2.38. The first-order valence-corrected chi connectivity index (χ1v) is 12.8. The van der Waals surface area contributed by atoms with Crippen molar-refractivity contribution in [2.45, 2.75) is 38.5 Å². The van der Waals surface area contributed by atoms with Crippen molar-refractivity contribution in [1.29, 1.82) is 0 Å². The van der Waals surface area contributed by atoms with E-state index >= 15 is 0 Å². The Balaban J connectivity index is 1.16. The zero-order valence-electron chi connectivity index (χ0n) is 19.9. The molecule has 0 radical (unpaired) electrons. The normalized spacial score (nSPS) is 17.0. The van der Waals surface area contributed by atoms with Crippen molar-refractivity contribution in [1.82, 2.24) is 15.2 Å². The molecule has 4 nitrogen and oxygen atoms in total. The van der Waals surface area contributed by atoms with Gasteiger partial charge in [-0.25, -0.2) is 0 Å². The fourth-order valence-electron chi connectivity index (χ4n) is 4.60. The first-order valence-electron chi connectivity index (χ1n) is 12.4. The second kappa shape index (κ2) is 12.1. The molecule has 0 spiro atoms. The number of amides is 1. The van der Waals surface area contributed by atoms with Gasteiger partial charge in [0.05, 0.1) is 5.69 Å². The first kappa shape index (κ1) is 24.4. The second-order valence-corrected chi connectivity index (χ2v) is 9.65. The average Bonchev–Trinajstić information content (AvgIpc) is 3.64. The molecule has 5 heteroatoms. The number of hydrogen-bond donors (Lipinski definition) is 1. The fraction of sp³-hybridized carbons (Fsp3) is 0.379. The molecule has 2 atom stereocenters. The van der Waals surface area contributed by atoms with E-state index < -0.39 is 0 Å². The van der Waals surface area contributed by atoms with Gasteiger partial charge in [-0.1, -0.05) is 48.9 Å². The maximum atomic E-state index is 12.5. The third kappa shape index (κ3) is 6.91. The number of benzene rings is 2. The third-order valence-corrected chi connectivity index (χ3v) is 6.80. The van der Waals surface area contributed by atoms with E-state index in [2.05, 4.69) is 34.3 Å². The molecule has 3 aromatic rings. The topological polar surface area (TPSA) is 45.2 Å². The van der Waals surface area contributed by atoms with Crippen LogP contribution in [0.1, 0.15) is 54.4 Å². The maximum absolute atomic E-state index is 12.5. The second-order valence-electron chi connectivity index (χ2n) is 9.21. The Bertz CT molecular complexity index is 1040. The van der Waals surface area contributed by atoms with Crippen LogP contribution in [0, 0.1) is 5.92 Å². The fourth-order valence-corrected chi connectivity index (χ4v) is 4.73. The Morgan fingerprint density at radius 2 is 1.82 bits per heavy atom. The van der Waals surface area contributed by atoms with Crippen molar-refractivity contribution in [2.75, 3.05) is 26.2 Å². The van der Waals surface area contributed by atoms with Gasteiger partial charge in [-0.2, -0.15) is 0 Å². The number of unbranched alkanes of at least 4 members (excludes halogenated alkanes) is 1. The highest BCUT2D eigenvalue weighted by Crippen LogP contribution is 2.48. The van der Waals surface area contributed by atoms with E-state index in [1.807, 2.05) is 54.6 Å². The van der Waals surface area contributed by atoms with Crippen LogP contribution in [0.4, 0.5) is 0 Å². The van der Waals surface area contributed by atoms with Crippen LogP contribution in [-0.4, -0.2) is 42.0 Å². The van der Waals surface area contributed by atoms with Gasteiger partial charge in [-0.05, 0) is 92.6 Å². The van der Waals surface area contributed by atoms with Gasteiger partial charge in [0.25, 0.3) is 5.91 Å². The molecule has 1 N–H and O–H groups in total. The summed E-state index contributed by atoms with van der Waals surface area (Å²) in [4.78, 5) is 19.4. The van der Waals surface area contributed by atoms with Crippen LogP contribution >= 0.6 is 11.6 Å². The van der Waals surface area contributed by atoms with Crippen molar-refractivity contribution in [3.05, 3.63) is 89.1 Å². The molecule has 1 aliphatic rings. The van der Waals surface area contributed by atoms with Gasteiger partial charge in [0.2, 0.25) is 0 Å². The molecule has 0 aliphatic heterocycles. The summed E-state index contributed by atoms with van der Waals surface area (Å²) in [6, 6.07) is 21.8. The minimum absolute atomic E-state index is 0.0122. The molecule has 1 aliphatic carbocycles. The minimum Gasteiger partial charge on any atom is -0.352 e. The van der Waals surface area contributed by atoms with Crippen LogP contribution in [0.2, 0.25) is 5.02 Å². The molecular weight excluding hydrogens is 442 g/mol. The Morgan fingerprint density at radius 3 is 2.53 bits per heavy atom. The Hall–Kier alpha value is -2.69. The smallest absolute Gasteiger partial charge is 0.251 e. The first-order chi connectivity index (χ1) is 16.6. The van der Waals surface area contributed by atoms with Crippen LogP contribution in [0.5, 0.6) is 0 Å². The number of pyridine rings is 1. The molecular formula is C29H34ClN3O. The monoisotopic (exact) mass is 475 g/mol. The summed E-state index contributed by atoms with van der Waals surface area (Å²) >= 11 is 6.03. The van der Waals surface area contributed by atoms with Crippen LogP contribution < -0.4 is 5.32 Å². The molecule has 1 fully saturated rings. The van der Waals surface area contributed by atoms with E-state index in [0.717, 1.165) is 54.7 Å². The van der Waals surface area contributed by atoms with E-state index in [1.54, 1.807) is 6.20 Å². The minimum atomic E-state index is -0.0122. The summed E-state index contributed by atoms with van der Waals surface area (Å²) in [6.45, 7) is 6.34. The van der Waals surface area contributed by atoms with Crippen molar-refractivity contribution < 1.29 is 4.79 Å². The van der Waals surface area contributed by atoms with Crippen LogP contribution in [0.15, 0.2) is 72.9 Å². The molecule has 0 saturated heterocycles. The SMILES string of the molecule is CCCN(CCCCNC(=O)c1ccc(-c2ccccn2)cc1)CC1CC1c1ccc(Cl)cc1. The van der Waals surface area contributed by atoms with Crippen LogP contribution in [0.3, 0.4) is 0 Å². The molecule has 178 valence electrons. The third-order valence-electron chi connectivity index (χ3n) is 6.55. The van der Waals surface area contributed by atoms with E-state index in [9.17, 15) is 4.79 Å². The standard InChI is InChI=1S/C29H34ClN3O/c1-2-18-33(21-25-20-27(25)22-12-14-26(30)15-13-22)19-6-5-17-32-29(34)24-10-8-23(9-11-24)28-7-3-4-16-31-28/h3-4,7-16,25,27H,2,5-6,17-21H2,1H3,(H,32,34). The number of nitrogens with zero attached hydrogens (tertiary/aromatic N) is 2. The van der Waals surface area contributed by atoms with E-state index in [1.165, 1.54) is 18.4 Å². The molecule has 34 heavy (non-hydrogen) atoms. The molecule has 1 amide bonds. The molecule has 1 aromatic heterocycles. The largest absolute Gasteiger partial charge is 0.352 e. The molecule has 1 saturated carbocycles. The number of aromatic nitrogens is 1. The van der Waals surface area contributed by atoms with E-state index in [-0.39, 0.29) is 5.91 Å². The van der Waals surface area contributed by atoms with E-state index in [4.69, 9.17) is 11.6 Å². The molecule has 2 aromatic carbocycles. The van der Waals surface area contributed by atoms with Gasteiger partial charge in [0.1, 0.15) is 0 Å². The summed E-state index contributed by atoms with van der Waals surface area (Å²) in [5, 5.41) is 3.87. The van der Waals surface area contributed by atoms with Crippen molar-refractivity contribution >= 4 is 17.5 Å². The lowest BCUT2D eigenvalue weighted by molar-refractivity contribution is 0.0952. The summed E-state index contributed by atoms with van der Waals surface area (Å²) in [5.41, 5.74) is 4.04. The van der Waals surface area contributed by atoms with Crippen LogP contribution in [0.25, 0.3) is 11.3 Å². The van der Waals surface area contributed by atoms with Gasteiger partial charge in [0.15, 0.2) is 0 Å². The zero-order chi connectivity index (χ0) is 23.8. The van der Waals surface area contributed by atoms with Crippen molar-refractivity contribution in [2.24, 2.45) is 5.92 Å². The molecule has 1 heterocycles. The Labute approximate surface area is 208 Å². The van der Waals surface area contributed by atoms with Gasteiger partial charge in [-0.15, -0.1) is 0 Å². The summed E-state index contributed by atoms with van der Waals surface area (Å²) in [6.07, 6.45) is 6.31. The number of carbonyl (C=O) groups excluding carboxylic acids is 1. The van der Waals surface area contributed by atoms with Gasteiger partial charge < -0.3 is 10.2 Å². The predicted molar refractivity (Wildman–Crippen MR) is 140 cm³/mol. The van der Waals surface area contributed by atoms with Gasteiger partial charge >= 0.3 is 0 Å². The molecule has 4 rings (SSSR count). The number of rotatable bonds is 12. The molecule has 2 unspecified atom stereocenters. The predicted octanol–water partition coefficient (Wildman–Crippen LogP) is 6.43. The lowest BCUT2D eigenvalue weighted by Crippen LogP contribution is -2.29. The van der Waals surface area contributed by atoms with Gasteiger partial charge in [0, 0.05) is 35.4 Å². The van der Waals surface area contributed by atoms with E-state index in [0.29, 0.717) is 18.0 Å². The Kier molecular flexibility index (Phi) is 8.73. The van der Waals surface area contributed by atoms with Crippen molar-refractivity contribution in [3.63, 3.8) is 0 Å². The molecule has 0 bridgehead atoms.